The van der Waals surface area contributed by atoms with E-state index in [-0.39, 0.29) is 42.4 Å². The van der Waals surface area contributed by atoms with Crippen molar-refractivity contribution >= 4 is 15.7 Å². The number of ether oxygens (including phenoxy) is 1. The van der Waals surface area contributed by atoms with E-state index in [0.717, 1.165) is 10.4 Å². The van der Waals surface area contributed by atoms with Crippen molar-refractivity contribution in [2.75, 3.05) is 39.1 Å². The van der Waals surface area contributed by atoms with E-state index in [1.165, 1.54) is 20.1 Å². The average molecular weight is 306 g/mol. The molecule has 0 aliphatic rings. The van der Waals surface area contributed by atoms with Crippen LogP contribution in [0.1, 0.15) is 5.56 Å². The first-order valence-corrected chi connectivity index (χ1v) is 7.44. The molecule has 0 atom stereocenters. The number of rotatable bonds is 7. The van der Waals surface area contributed by atoms with E-state index in [1.54, 1.807) is 0 Å². The summed E-state index contributed by atoms with van der Waals surface area (Å²) >= 11 is 0. The number of sulfonamides is 1. The highest BCUT2D eigenvalue weighted by atomic mass is 32.2. The van der Waals surface area contributed by atoms with Crippen LogP contribution in [-0.4, -0.2) is 51.2 Å². The summed E-state index contributed by atoms with van der Waals surface area (Å²) in [5.74, 6) is -0.681. The Hall–Kier alpha value is -1.22. The van der Waals surface area contributed by atoms with Gasteiger partial charge < -0.3 is 15.6 Å². The standard InChI is InChI=1S/C12H19FN2O4S/c1-9-11(13)7-10(14)8-12(9)20(17,18)15(3-5-16)4-6-19-2/h7-8,16H,3-6,14H2,1-2H3. The Morgan fingerprint density at radius 2 is 2.05 bits per heavy atom. The molecule has 0 amide bonds. The van der Waals surface area contributed by atoms with Gasteiger partial charge in [0.05, 0.1) is 18.1 Å². The number of benzene rings is 1. The molecule has 8 heteroatoms. The Morgan fingerprint density at radius 1 is 1.40 bits per heavy atom. The van der Waals surface area contributed by atoms with Crippen LogP contribution in [0.25, 0.3) is 0 Å². The van der Waals surface area contributed by atoms with Gasteiger partial charge in [-0.2, -0.15) is 4.31 Å². The van der Waals surface area contributed by atoms with Gasteiger partial charge in [-0.05, 0) is 19.1 Å². The predicted molar refractivity (Wildman–Crippen MR) is 73.3 cm³/mol. The molecule has 0 unspecified atom stereocenters. The monoisotopic (exact) mass is 306 g/mol. The summed E-state index contributed by atoms with van der Waals surface area (Å²) in [7, 11) is -2.50. The molecule has 1 aromatic carbocycles. The molecule has 114 valence electrons. The van der Waals surface area contributed by atoms with Crippen molar-refractivity contribution in [1.29, 1.82) is 0 Å². The number of aliphatic hydroxyl groups excluding tert-OH is 1. The molecule has 0 fully saturated rings. The number of nitrogen functional groups attached to an aromatic ring is 1. The number of hydrogen-bond donors (Lipinski definition) is 2. The van der Waals surface area contributed by atoms with Crippen molar-refractivity contribution in [1.82, 2.24) is 4.31 Å². The number of hydrogen-bond acceptors (Lipinski definition) is 5. The van der Waals surface area contributed by atoms with Gasteiger partial charge in [-0.25, -0.2) is 12.8 Å². The van der Waals surface area contributed by atoms with Gasteiger partial charge in [0.1, 0.15) is 5.82 Å². The van der Waals surface area contributed by atoms with E-state index in [9.17, 15) is 12.8 Å². The molecule has 0 saturated heterocycles. The van der Waals surface area contributed by atoms with Gasteiger partial charge in [-0.15, -0.1) is 0 Å². The zero-order valence-electron chi connectivity index (χ0n) is 11.5. The first-order chi connectivity index (χ1) is 9.34. The molecule has 0 spiro atoms. The van der Waals surface area contributed by atoms with Crippen LogP contribution in [0.5, 0.6) is 0 Å². The number of nitrogens with two attached hydrogens (primary N) is 1. The molecule has 1 aromatic rings. The van der Waals surface area contributed by atoms with Crippen LogP contribution in [0.15, 0.2) is 17.0 Å². The van der Waals surface area contributed by atoms with Gasteiger partial charge in [-0.3, -0.25) is 0 Å². The highest BCUT2D eigenvalue weighted by Gasteiger charge is 2.27. The van der Waals surface area contributed by atoms with E-state index in [4.69, 9.17) is 15.6 Å². The Kier molecular flexibility index (Phi) is 5.88. The molecule has 20 heavy (non-hydrogen) atoms. The lowest BCUT2D eigenvalue weighted by molar-refractivity contribution is 0.168. The van der Waals surface area contributed by atoms with Crippen molar-refractivity contribution in [3.8, 4) is 0 Å². The van der Waals surface area contributed by atoms with Gasteiger partial charge in [0.15, 0.2) is 0 Å². The molecule has 0 saturated carbocycles. The zero-order chi connectivity index (χ0) is 15.3. The zero-order valence-corrected chi connectivity index (χ0v) is 12.3. The SMILES string of the molecule is COCCN(CCO)S(=O)(=O)c1cc(N)cc(F)c1C. The van der Waals surface area contributed by atoms with Crippen molar-refractivity contribution in [2.45, 2.75) is 11.8 Å². The molecule has 1 rings (SSSR count). The number of halogens is 1. The lowest BCUT2D eigenvalue weighted by atomic mass is 10.2. The third-order valence-electron chi connectivity index (χ3n) is 2.83. The Morgan fingerprint density at radius 3 is 2.60 bits per heavy atom. The van der Waals surface area contributed by atoms with Crippen LogP contribution in [0.3, 0.4) is 0 Å². The van der Waals surface area contributed by atoms with E-state index in [0.29, 0.717) is 0 Å². The maximum absolute atomic E-state index is 13.6. The second kappa shape index (κ2) is 6.98. The molecular weight excluding hydrogens is 287 g/mol. The minimum absolute atomic E-state index is 0.000411. The molecule has 0 heterocycles. The largest absolute Gasteiger partial charge is 0.399 e. The van der Waals surface area contributed by atoms with Crippen molar-refractivity contribution in [3.63, 3.8) is 0 Å². The highest BCUT2D eigenvalue weighted by Crippen LogP contribution is 2.24. The van der Waals surface area contributed by atoms with Crippen LogP contribution >= 0.6 is 0 Å². The fourth-order valence-corrected chi connectivity index (χ4v) is 3.42. The van der Waals surface area contributed by atoms with Crippen molar-refractivity contribution in [2.24, 2.45) is 0 Å². The van der Waals surface area contributed by atoms with Crippen LogP contribution in [-0.2, 0) is 14.8 Å². The second-order valence-corrected chi connectivity index (χ2v) is 6.15. The Labute approximate surface area is 118 Å². The van der Waals surface area contributed by atoms with E-state index in [1.807, 2.05) is 0 Å². The lowest BCUT2D eigenvalue weighted by Gasteiger charge is -2.22. The molecule has 0 radical (unpaired) electrons. The molecule has 3 N–H and O–H groups in total. The van der Waals surface area contributed by atoms with Gasteiger partial charge >= 0.3 is 0 Å². The molecular formula is C12H19FN2O4S. The topological polar surface area (TPSA) is 92.9 Å². The summed E-state index contributed by atoms with van der Waals surface area (Å²) < 4.78 is 44.5. The maximum atomic E-state index is 13.6. The molecule has 0 aliphatic carbocycles. The van der Waals surface area contributed by atoms with E-state index in [2.05, 4.69) is 0 Å². The first-order valence-electron chi connectivity index (χ1n) is 6.00. The summed E-state index contributed by atoms with van der Waals surface area (Å²) in [6.07, 6.45) is 0. The third-order valence-corrected chi connectivity index (χ3v) is 4.86. The van der Waals surface area contributed by atoms with Crippen molar-refractivity contribution < 1.29 is 22.7 Å². The van der Waals surface area contributed by atoms with Gasteiger partial charge in [-0.1, -0.05) is 0 Å². The summed E-state index contributed by atoms with van der Waals surface area (Å²) in [5.41, 5.74) is 5.53. The van der Waals surface area contributed by atoms with Gasteiger partial charge in [0, 0.05) is 31.5 Å². The first kappa shape index (κ1) is 16.8. The fourth-order valence-electron chi connectivity index (χ4n) is 1.74. The minimum Gasteiger partial charge on any atom is -0.399 e. The van der Waals surface area contributed by atoms with Crippen LogP contribution in [0.2, 0.25) is 0 Å². The number of aliphatic hydroxyl groups is 1. The van der Waals surface area contributed by atoms with E-state index < -0.39 is 15.8 Å². The highest BCUT2D eigenvalue weighted by molar-refractivity contribution is 7.89. The fraction of sp³-hybridized carbons (Fsp3) is 0.500. The lowest BCUT2D eigenvalue weighted by Crippen LogP contribution is -2.36. The third kappa shape index (κ3) is 3.66. The predicted octanol–water partition coefficient (Wildman–Crippen LogP) is 0.346. The van der Waals surface area contributed by atoms with Crippen LogP contribution < -0.4 is 5.73 Å². The summed E-state index contributed by atoms with van der Waals surface area (Å²) in [6.45, 7) is 1.17. The van der Waals surface area contributed by atoms with Crippen LogP contribution in [0, 0.1) is 12.7 Å². The number of anilines is 1. The Balaban J connectivity index is 3.25. The molecule has 0 bridgehead atoms. The normalized spacial score (nSPS) is 12.1. The average Bonchev–Trinajstić information content (AvgIpc) is 2.38. The van der Waals surface area contributed by atoms with Crippen LogP contribution in [0.4, 0.5) is 10.1 Å². The summed E-state index contributed by atoms with van der Waals surface area (Å²) in [4.78, 5) is -0.195. The summed E-state index contributed by atoms with van der Waals surface area (Å²) in [5, 5.41) is 8.98. The maximum Gasteiger partial charge on any atom is 0.243 e. The van der Waals surface area contributed by atoms with Gasteiger partial charge in [0.25, 0.3) is 0 Å². The number of nitrogens with zero attached hydrogens (tertiary/aromatic N) is 1. The molecule has 6 nitrogen and oxygen atoms in total. The second-order valence-electron chi connectivity index (χ2n) is 4.25. The van der Waals surface area contributed by atoms with Crippen molar-refractivity contribution in [3.05, 3.63) is 23.5 Å². The molecule has 0 aromatic heterocycles. The number of methoxy groups -OCH3 is 1. The minimum atomic E-state index is -3.94. The Bertz CT molecular complexity index is 563. The smallest absolute Gasteiger partial charge is 0.243 e. The van der Waals surface area contributed by atoms with E-state index >= 15 is 0 Å². The summed E-state index contributed by atoms with van der Waals surface area (Å²) in [6, 6.07) is 2.28. The molecule has 0 aliphatic heterocycles. The quantitative estimate of drug-likeness (QED) is 0.709. The van der Waals surface area contributed by atoms with Gasteiger partial charge in [0.2, 0.25) is 10.0 Å².